The van der Waals surface area contributed by atoms with Crippen LogP contribution in [0.25, 0.3) is 10.8 Å². The molecule has 0 atom stereocenters. The van der Waals surface area contributed by atoms with Crippen molar-refractivity contribution in [1.29, 1.82) is 0 Å². The third kappa shape index (κ3) is 2.14. The number of hydrogen-bond acceptors (Lipinski definition) is 1. The number of nitrogen functional groups attached to an aromatic ring is 1. The molecule has 0 amide bonds. The van der Waals surface area contributed by atoms with Crippen molar-refractivity contribution in [3.05, 3.63) is 41.0 Å². The van der Waals surface area contributed by atoms with Crippen LogP contribution in [-0.2, 0) is 0 Å². The number of rotatable bonds is 0. The van der Waals surface area contributed by atoms with E-state index in [0.717, 1.165) is 0 Å². The van der Waals surface area contributed by atoms with Crippen LogP contribution in [0.2, 0.25) is 0 Å². The number of fused-ring (bicyclic) bond motifs is 1. The van der Waals surface area contributed by atoms with E-state index in [4.69, 9.17) is 12.2 Å². The molecule has 1 nitrogen and oxygen atoms in total. The zero-order chi connectivity index (χ0) is 13.9. The molecular weight excluding hydrogens is 232 g/mol. The number of halogens is 2. The Morgan fingerprint density at radius 3 is 2.39 bits per heavy atom. The lowest BCUT2D eigenvalue weighted by Crippen LogP contribution is -1.97. The summed E-state index contributed by atoms with van der Waals surface area (Å²) in [6.45, 7) is 5.54. The largest absolute Gasteiger partial charge is 0.396 e. The number of aryl methyl sites for hydroxylation is 1. The zero-order valence-electron chi connectivity index (χ0n) is 10.6. The highest BCUT2D eigenvalue weighted by atomic mass is 19.1. The van der Waals surface area contributed by atoms with Crippen LogP contribution < -0.4 is 5.73 Å². The summed E-state index contributed by atoms with van der Waals surface area (Å²) in [5, 5.41) is 1.06. The van der Waals surface area contributed by atoms with E-state index in [9.17, 15) is 8.78 Å². The molecule has 0 saturated carbocycles. The quantitative estimate of drug-likeness (QED) is 0.552. The molecule has 0 heterocycles. The predicted octanol–water partition coefficient (Wildman–Crippen LogP) is 4.02. The maximum absolute atomic E-state index is 13.6. The second-order valence-electron chi connectivity index (χ2n) is 3.57. The van der Waals surface area contributed by atoms with E-state index in [1.54, 1.807) is 0 Å². The molecule has 0 aliphatic heterocycles. The second kappa shape index (κ2) is 5.50. The van der Waals surface area contributed by atoms with Gasteiger partial charge in [0.25, 0.3) is 0 Å². The summed E-state index contributed by atoms with van der Waals surface area (Å²) in [4.78, 5) is 0. The number of nitrogens with two attached hydrogens (primary N) is 1. The number of benzene rings is 2. The fraction of sp³-hybridized carbons (Fsp3) is 0.200. The zero-order valence-corrected chi connectivity index (χ0v) is 10.6. The van der Waals surface area contributed by atoms with Crippen molar-refractivity contribution in [1.82, 2.24) is 0 Å². The number of anilines is 1. The Morgan fingerprint density at radius 1 is 1.22 bits per heavy atom. The number of hydrogen-bond donors (Lipinski definition) is 1. The van der Waals surface area contributed by atoms with Crippen LogP contribution >= 0.6 is 0 Å². The van der Waals surface area contributed by atoms with E-state index in [2.05, 4.69) is 5.92 Å². The summed E-state index contributed by atoms with van der Waals surface area (Å²) in [7, 11) is 0. The van der Waals surface area contributed by atoms with Crippen LogP contribution in [-0.4, -0.2) is 0 Å². The van der Waals surface area contributed by atoms with Gasteiger partial charge in [0, 0.05) is 5.39 Å². The molecule has 0 aromatic heterocycles. The number of terminal acetylenes is 1. The molecule has 2 aromatic carbocycles. The molecule has 2 N–H and O–H groups in total. The maximum Gasteiger partial charge on any atom is 0.149 e. The summed E-state index contributed by atoms with van der Waals surface area (Å²) in [6, 6.07) is 4.25. The van der Waals surface area contributed by atoms with Crippen molar-refractivity contribution in [2.24, 2.45) is 0 Å². The molecular formula is C15H15F2N. The lowest BCUT2D eigenvalue weighted by Gasteiger charge is -2.09. The molecule has 2 aromatic rings. The fourth-order valence-corrected chi connectivity index (χ4v) is 1.82. The normalized spacial score (nSPS) is 9.56. The van der Waals surface area contributed by atoms with Crippen molar-refractivity contribution >= 4 is 16.5 Å². The predicted molar refractivity (Wildman–Crippen MR) is 72.3 cm³/mol. The van der Waals surface area contributed by atoms with Gasteiger partial charge in [0.15, 0.2) is 0 Å². The van der Waals surface area contributed by atoms with Gasteiger partial charge in [-0.3, -0.25) is 0 Å². The molecule has 94 valence electrons. The summed E-state index contributed by atoms with van der Waals surface area (Å²) < 4.78 is 27.0. The fourth-order valence-electron chi connectivity index (χ4n) is 1.82. The molecule has 0 unspecified atom stereocenters. The van der Waals surface area contributed by atoms with Crippen molar-refractivity contribution in [2.75, 3.05) is 5.73 Å². The average Bonchev–Trinajstić information content (AvgIpc) is 2.39. The molecule has 0 saturated heterocycles. The topological polar surface area (TPSA) is 26.0 Å². The van der Waals surface area contributed by atoms with Gasteiger partial charge in [-0.15, -0.1) is 6.42 Å². The first-order valence-electron chi connectivity index (χ1n) is 5.69. The smallest absolute Gasteiger partial charge is 0.149 e. The van der Waals surface area contributed by atoms with Gasteiger partial charge in [-0.1, -0.05) is 25.8 Å². The summed E-state index contributed by atoms with van der Waals surface area (Å²) in [5.74, 6) is 1.17. The van der Waals surface area contributed by atoms with Gasteiger partial charge in [-0.25, -0.2) is 8.78 Å². The van der Waals surface area contributed by atoms with Crippen LogP contribution in [0.5, 0.6) is 0 Å². The minimum absolute atomic E-state index is 0.0413. The average molecular weight is 247 g/mol. The first kappa shape index (κ1) is 14.0. The first-order valence-corrected chi connectivity index (χ1v) is 5.69. The van der Waals surface area contributed by atoms with Crippen molar-refractivity contribution in [2.45, 2.75) is 20.8 Å². The van der Waals surface area contributed by atoms with E-state index in [0.29, 0.717) is 10.8 Å². The van der Waals surface area contributed by atoms with Crippen LogP contribution in [0.3, 0.4) is 0 Å². The highest BCUT2D eigenvalue weighted by molar-refractivity contribution is 5.93. The van der Waals surface area contributed by atoms with Gasteiger partial charge >= 0.3 is 0 Å². The highest BCUT2D eigenvalue weighted by Gasteiger charge is 2.13. The van der Waals surface area contributed by atoms with Gasteiger partial charge in [0.1, 0.15) is 11.6 Å². The Morgan fingerprint density at radius 2 is 1.83 bits per heavy atom. The first-order chi connectivity index (χ1) is 8.56. The lowest BCUT2D eigenvalue weighted by molar-refractivity contribution is 0.621. The SMILES string of the molecule is C#Cc1c(F)ccc2cc(N)c(F)c(C)c12.CC. The molecule has 0 spiro atoms. The van der Waals surface area contributed by atoms with Gasteiger partial charge in [-0.05, 0) is 30.0 Å². The molecule has 18 heavy (non-hydrogen) atoms. The lowest BCUT2D eigenvalue weighted by atomic mass is 9.98. The van der Waals surface area contributed by atoms with Crippen LogP contribution in [0.4, 0.5) is 14.5 Å². The van der Waals surface area contributed by atoms with Gasteiger partial charge in [-0.2, -0.15) is 0 Å². The van der Waals surface area contributed by atoms with E-state index in [-0.39, 0.29) is 16.8 Å². The third-order valence-corrected chi connectivity index (χ3v) is 2.60. The van der Waals surface area contributed by atoms with Crippen molar-refractivity contribution < 1.29 is 8.78 Å². The van der Waals surface area contributed by atoms with E-state index >= 15 is 0 Å². The van der Waals surface area contributed by atoms with E-state index in [1.807, 2.05) is 13.8 Å². The van der Waals surface area contributed by atoms with Gasteiger partial charge in [0.2, 0.25) is 0 Å². The molecule has 0 fully saturated rings. The third-order valence-electron chi connectivity index (χ3n) is 2.60. The van der Waals surface area contributed by atoms with Gasteiger partial charge < -0.3 is 5.73 Å². The minimum Gasteiger partial charge on any atom is -0.396 e. The summed E-state index contributed by atoms with van der Waals surface area (Å²) in [6.07, 6.45) is 5.23. The van der Waals surface area contributed by atoms with Crippen LogP contribution in [0.15, 0.2) is 18.2 Å². The molecule has 0 aliphatic carbocycles. The molecule has 0 bridgehead atoms. The summed E-state index contributed by atoms with van der Waals surface area (Å²) >= 11 is 0. The Kier molecular flexibility index (Phi) is 4.28. The second-order valence-corrected chi connectivity index (χ2v) is 3.57. The molecule has 3 heteroatoms. The Balaban J connectivity index is 0.000000771. The highest BCUT2D eigenvalue weighted by Crippen LogP contribution is 2.29. The van der Waals surface area contributed by atoms with Crippen LogP contribution in [0, 0.1) is 30.9 Å². The van der Waals surface area contributed by atoms with Gasteiger partial charge in [0.05, 0.1) is 11.3 Å². The van der Waals surface area contributed by atoms with Crippen molar-refractivity contribution in [3.8, 4) is 12.3 Å². The maximum atomic E-state index is 13.6. The van der Waals surface area contributed by atoms with Crippen molar-refractivity contribution in [3.63, 3.8) is 0 Å². The Hall–Kier alpha value is -2.08. The standard InChI is InChI=1S/C13H9F2N.C2H6/c1-3-9-10(14)5-4-8-6-11(16)13(15)7(2)12(8)9;1-2/h1,4-6H,16H2,2H3;1-2H3. The monoisotopic (exact) mass is 247 g/mol. The molecule has 0 aliphatic rings. The van der Waals surface area contributed by atoms with Crippen LogP contribution in [0.1, 0.15) is 25.0 Å². The minimum atomic E-state index is -0.547. The Bertz CT molecular complexity index is 625. The van der Waals surface area contributed by atoms with E-state index in [1.165, 1.54) is 25.1 Å². The Labute approximate surface area is 106 Å². The summed E-state index contributed by atoms with van der Waals surface area (Å²) in [5.41, 5.74) is 5.89. The molecule has 0 radical (unpaired) electrons. The van der Waals surface area contributed by atoms with E-state index < -0.39 is 11.6 Å². The molecule has 2 rings (SSSR count).